The quantitative estimate of drug-likeness (QED) is 0.795. The summed E-state index contributed by atoms with van der Waals surface area (Å²) >= 11 is 3.61. The number of nitrogens with one attached hydrogen (secondary N) is 1. The van der Waals surface area contributed by atoms with Gasteiger partial charge in [-0.3, -0.25) is 0 Å². The first kappa shape index (κ1) is 15.8. The van der Waals surface area contributed by atoms with E-state index in [2.05, 4.69) is 53.3 Å². The zero-order chi connectivity index (χ0) is 14.4. The Balaban J connectivity index is 1.89. The van der Waals surface area contributed by atoms with Crippen molar-refractivity contribution in [2.24, 2.45) is 5.92 Å². The third kappa shape index (κ3) is 5.10. The van der Waals surface area contributed by atoms with Gasteiger partial charge in [0.2, 0.25) is 0 Å². The van der Waals surface area contributed by atoms with Crippen LogP contribution < -0.4 is 10.1 Å². The van der Waals surface area contributed by atoms with Crippen LogP contribution >= 0.6 is 15.9 Å². The fraction of sp³-hybridized carbons (Fsp3) is 0.647. The third-order valence-corrected chi connectivity index (χ3v) is 4.70. The molecule has 1 aliphatic carbocycles. The summed E-state index contributed by atoms with van der Waals surface area (Å²) in [5.74, 6) is 1.75. The van der Waals surface area contributed by atoms with Crippen molar-refractivity contribution < 1.29 is 4.74 Å². The molecule has 20 heavy (non-hydrogen) atoms. The van der Waals surface area contributed by atoms with E-state index in [0.717, 1.165) is 29.3 Å². The van der Waals surface area contributed by atoms with Gasteiger partial charge < -0.3 is 10.1 Å². The molecule has 0 spiro atoms. The maximum atomic E-state index is 6.00. The molecule has 3 heteroatoms. The Morgan fingerprint density at radius 3 is 2.70 bits per heavy atom. The molecule has 1 fully saturated rings. The molecule has 1 aliphatic rings. The zero-order valence-electron chi connectivity index (χ0n) is 12.6. The molecule has 0 aliphatic heterocycles. The first-order valence-corrected chi connectivity index (χ1v) is 8.59. The van der Waals surface area contributed by atoms with E-state index in [9.17, 15) is 0 Å². The predicted molar refractivity (Wildman–Crippen MR) is 88.2 cm³/mol. The highest BCUT2D eigenvalue weighted by molar-refractivity contribution is 9.10. The number of ether oxygens (including phenoxy) is 1. The Morgan fingerprint density at radius 2 is 2.00 bits per heavy atom. The minimum atomic E-state index is 0.494. The monoisotopic (exact) mass is 339 g/mol. The Hall–Kier alpha value is -0.540. The molecule has 0 unspecified atom stereocenters. The molecule has 0 amide bonds. The SMILES string of the molecule is CC(C)NCc1cc(OCC2CCCCC2)ccc1Br. The van der Waals surface area contributed by atoms with Crippen LogP contribution in [0.4, 0.5) is 0 Å². The summed E-state index contributed by atoms with van der Waals surface area (Å²) in [6.45, 7) is 6.08. The average Bonchev–Trinajstić information content (AvgIpc) is 2.46. The van der Waals surface area contributed by atoms with Crippen molar-refractivity contribution in [2.45, 2.75) is 58.5 Å². The van der Waals surface area contributed by atoms with Gasteiger partial charge in [0.25, 0.3) is 0 Å². The van der Waals surface area contributed by atoms with Crippen molar-refractivity contribution in [3.63, 3.8) is 0 Å². The van der Waals surface area contributed by atoms with E-state index in [1.54, 1.807) is 0 Å². The van der Waals surface area contributed by atoms with Gasteiger partial charge >= 0.3 is 0 Å². The summed E-state index contributed by atoms with van der Waals surface area (Å²) in [5.41, 5.74) is 1.26. The largest absolute Gasteiger partial charge is 0.493 e. The molecule has 0 radical (unpaired) electrons. The predicted octanol–water partition coefficient (Wildman–Crippen LogP) is 4.91. The first-order valence-electron chi connectivity index (χ1n) is 7.80. The van der Waals surface area contributed by atoms with Crippen LogP contribution in [0.3, 0.4) is 0 Å². The number of halogens is 1. The van der Waals surface area contributed by atoms with Gasteiger partial charge in [-0.15, -0.1) is 0 Å². The highest BCUT2D eigenvalue weighted by Crippen LogP contribution is 2.26. The van der Waals surface area contributed by atoms with Gasteiger partial charge in [0.05, 0.1) is 6.61 Å². The summed E-state index contributed by atoms with van der Waals surface area (Å²) in [7, 11) is 0. The molecule has 1 N–H and O–H groups in total. The third-order valence-electron chi connectivity index (χ3n) is 3.93. The van der Waals surface area contributed by atoms with Crippen LogP contribution in [-0.4, -0.2) is 12.6 Å². The summed E-state index contributed by atoms with van der Waals surface area (Å²) < 4.78 is 7.15. The molecule has 0 saturated heterocycles. The van der Waals surface area contributed by atoms with Gasteiger partial charge in [-0.2, -0.15) is 0 Å². The molecule has 0 aromatic heterocycles. The van der Waals surface area contributed by atoms with Crippen LogP contribution in [0.2, 0.25) is 0 Å². The molecule has 112 valence electrons. The molecule has 1 aromatic carbocycles. The smallest absolute Gasteiger partial charge is 0.119 e. The fourth-order valence-corrected chi connectivity index (χ4v) is 3.05. The summed E-state index contributed by atoms with van der Waals surface area (Å²) in [6.07, 6.45) is 6.81. The van der Waals surface area contributed by atoms with Gasteiger partial charge in [-0.25, -0.2) is 0 Å². The molecular weight excluding hydrogens is 314 g/mol. The summed E-state index contributed by atoms with van der Waals surface area (Å²) in [5, 5.41) is 3.45. The van der Waals surface area contributed by atoms with E-state index in [1.165, 1.54) is 37.7 Å². The van der Waals surface area contributed by atoms with Gasteiger partial charge in [-0.1, -0.05) is 49.0 Å². The Bertz CT molecular complexity index is 413. The van der Waals surface area contributed by atoms with E-state index in [4.69, 9.17) is 4.74 Å². The average molecular weight is 340 g/mol. The minimum absolute atomic E-state index is 0.494. The Kier molecular flexibility index (Phi) is 6.37. The number of benzene rings is 1. The fourth-order valence-electron chi connectivity index (χ4n) is 2.66. The van der Waals surface area contributed by atoms with Crippen molar-refractivity contribution in [1.29, 1.82) is 0 Å². The maximum Gasteiger partial charge on any atom is 0.119 e. The highest BCUT2D eigenvalue weighted by Gasteiger charge is 2.14. The lowest BCUT2D eigenvalue weighted by molar-refractivity contribution is 0.208. The van der Waals surface area contributed by atoms with Gasteiger partial charge in [0.1, 0.15) is 5.75 Å². The van der Waals surface area contributed by atoms with E-state index in [1.807, 2.05) is 0 Å². The van der Waals surface area contributed by atoms with Crippen molar-refractivity contribution in [3.8, 4) is 5.75 Å². The molecule has 1 aromatic rings. The number of hydrogen-bond donors (Lipinski definition) is 1. The van der Waals surface area contributed by atoms with Gasteiger partial charge in [-0.05, 0) is 42.5 Å². The highest BCUT2D eigenvalue weighted by atomic mass is 79.9. The second-order valence-corrected chi connectivity index (χ2v) is 6.96. The van der Waals surface area contributed by atoms with Crippen molar-refractivity contribution in [2.75, 3.05) is 6.61 Å². The van der Waals surface area contributed by atoms with Crippen LogP contribution in [0.25, 0.3) is 0 Å². The summed E-state index contributed by atoms with van der Waals surface area (Å²) in [4.78, 5) is 0. The molecule has 0 atom stereocenters. The van der Waals surface area contributed by atoms with Crippen LogP contribution in [0, 0.1) is 5.92 Å². The first-order chi connectivity index (χ1) is 9.65. The van der Waals surface area contributed by atoms with Crippen LogP contribution in [-0.2, 0) is 6.54 Å². The van der Waals surface area contributed by atoms with E-state index in [0.29, 0.717) is 6.04 Å². The lowest BCUT2D eigenvalue weighted by Crippen LogP contribution is -2.22. The van der Waals surface area contributed by atoms with Crippen molar-refractivity contribution in [1.82, 2.24) is 5.32 Å². The topological polar surface area (TPSA) is 21.3 Å². The van der Waals surface area contributed by atoms with Crippen LogP contribution in [0.1, 0.15) is 51.5 Å². The molecular formula is C17H26BrNO. The number of hydrogen-bond acceptors (Lipinski definition) is 2. The van der Waals surface area contributed by atoms with Crippen LogP contribution in [0.5, 0.6) is 5.75 Å². The number of rotatable bonds is 6. The van der Waals surface area contributed by atoms with Gasteiger partial charge in [0.15, 0.2) is 0 Å². The minimum Gasteiger partial charge on any atom is -0.493 e. The standard InChI is InChI=1S/C17H26BrNO/c1-13(2)19-11-15-10-16(8-9-17(15)18)20-12-14-6-4-3-5-7-14/h8-10,13-14,19H,3-7,11-12H2,1-2H3. The zero-order valence-corrected chi connectivity index (χ0v) is 14.2. The van der Waals surface area contributed by atoms with E-state index in [-0.39, 0.29) is 0 Å². The Labute approximate surface area is 131 Å². The lowest BCUT2D eigenvalue weighted by Gasteiger charge is -2.22. The lowest BCUT2D eigenvalue weighted by atomic mass is 9.90. The summed E-state index contributed by atoms with van der Waals surface area (Å²) in [6, 6.07) is 6.80. The van der Waals surface area contributed by atoms with Gasteiger partial charge in [0, 0.05) is 17.1 Å². The van der Waals surface area contributed by atoms with Crippen LogP contribution in [0.15, 0.2) is 22.7 Å². The second-order valence-electron chi connectivity index (χ2n) is 6.10. The van der Waals surface area contributed by atoms with Crippen molar-refractivity contribution >= 4 is 15.9 Å². The molecule has 2 rings (SSSR count). The molecule has 0 bridgehead atoms. The second kappa shape index (κ2) is 8.04. The van der Waals surface area contributed by atoms with E-state index < -0.39 is 0 Å². The Morgan fingerprint density at radius 1 is 1.25 bits per heavy atom. The van der Waals surface area contributed by atoms with Crippen molar-refractivity contribution in [3.05, 3.63) is 28.2 Å². The van der Waals surface area contributed by atoms with E-state index >= 15 is 0 Å². The molecule has 1 saturated carbocycles. The normalized spacial score (nSPS) is 16.6. The molecule has 0 heterocycles. The molecule has 2 nitrogen and oxygen atoms in total. The maximum absolute atomic E-state index is 6.00.